The fourth-order valence-electron chi connectivity index (χ4n) is 4.26. The van der Waals surface area contributed by atoms with Crippen molar-refractivity contribution in [2.75, 3.05) is 25.0 Å². The van der Waals surface area contributed by atoms with E-state index in [1.54, 1.807) is 18.0 Å². The van der Waals surface area contributed by atoms with Gasteiger partial charge >= 0.3 is 6.03 Å². The summed E-state index contributed by atoms with van der Waals surface area (Å²) in [6, 6.07) is 5.15. The topological polar surface area (TPSA) is 64.7 Å². The second-order valence-electron chi connectivity index (χ2n) is 7.23. The van der Waals surface area contributed by atoms with Crippen LogP contribution in [-0.2, 0) is 0 Å². The number of urea groups is 1. The summed E-state index contributed by atoms with van der Waals surface area (Å²) in [7, 11) is 1.76. The summed E-state index contributed by atoms with van der Waals surface area (Å²) < 4.78 is 14.3. The van der Waals surface area contributed by atoms with Gasteiger partial charge in [0, 0.05) is 44.0 Å². The Bertz CT molecular complexity index is 698. The Hall–Kier alpha value is -2.15. The largest absolute Gasteiger partial charge is 0.339 e. The number of anilines is 1. The van der Waals surface area contributed by atoms with Crippen molar-refractivity contribution in [3.05, 3.63) is 29.6 Å². The minimum atomic E-state index is -0.544. The fraction of sp³-hybridized carbons (Fsp3) is 0.556. The van der Waals surface area contributed by atoms with Crippen molar-refractivity contribution in [3.8, 4) is 0 Å². The minimum absolute atomic E-state index is 0.0329. The number of rotatable bonds is 3. The molecule has 2 atom stereocenters. The van der Waals surface area contributed by atoms with Crippen LogP contribution < -0.4 is 15.5 Å². The molecule has 2 N–H and O–H groups in total. The minimum Gasteiger partial charge on any atom is -0.339 e. The van der Waals surface area contributed by atoms with Gasteiger partial charge in [0.1, 0.15) is 5.82 Å². The SMILES string of the molecule is CN(C(=O)c1cc(N2CCNC2=O)ccc1F)C1CC2CCC(C1)N2. The highest BCUT2D eigenvalue weighted by Gasteiger charge is 2.37. The van der Waals surface area contributed by atoms with Crippen molar-refractivity contribution >= 4 is 17.6 Å². The van der Waals surface area contributed by atoms with E-state index in [0.717, 1.165) is 25.7 Å². The van der Waals surface area contributed by atoms with Crippen LogP contribution in [0.3, 0.4) is 0 Å². The summed E-state index contributed by atoms with van der Waals surface area (Å²) in [5.74, 6) is -0.859. The van der Waals surface area contributed by atoms with Gasteiger partial charge in [0.2, 0.25) is 0 Å². The number of hydrogen-bond donors (Lipinski definition) is 2. The van der Waals surface area contributed by atoms with Gasteiger partial charge in [-0.05, 0) is 43.9 Å². The molecule has 1 aromatic carbocycles. The Labute approximate surface area is 146 Å². The zero-order chi connectivity index (χ0) is 17.6. The summed E-state index contributed by atoms with van der Waals surface area (Å²) in [6.07, 6.45) is 4.12. The second kappa shape index (κ2) is 6.29. The van der Waals surface area contributed by atoms with Gasteiger partial charge in [0.15, 0.2) is 0 Å². The fourth-order valence-corrected chi connectivity index (χ4v) is 4.26. The molecule has 2 bridgehead atoms. The van der Waals surface area contributed by atoms with Gasteiger partial charge in [-0.3, -0.25) is 9.69 Å². The first kappa shape index (κ1) is 16.3. The standard InChI is InChI=1S/C18H23FN4O2/c1-22(14-8-11-2-3-12(9-14)21-11)17(24)15-10-13(4-5-16(15)19)23-7-6-20-18(23)25/h4-5,10-12,14,21H,2-3,6-9H2,1H3,(H,20,25). The van der Waals surface area contributed by atoms with Gasteiger partial charge in [-0.2, -0.15) is 0 Å². The maximum Gasteiger partial charge on any atom is 0.321 e. The van der Waals surface area contributed by atoms with Crippen LogP contribution in [0.1, 0.15) is 36.0 Å². The van der Waals surface area contributed by atoms with Gasteiger partial charge < -0.3 is 15.5 Å². The van der Waals surface area contributed by atoms with Crippen LogP contribution in [0.5, 0.6) is 0 Å². The zero-order valence-corrected chi connectivity index (χ0v) is 14.3. The predicted octanol–water partition coefficient (Wildman–Crippen LogP) is 1.71. The molecule has 25 heavy (non-hydrogen) atoms. The van der Waals surface area contributed by atoms with Crippen molar-refractivity contribution in [3.63, 3.8) is 0 Å². The van der Waals surface area contributed by atoms with Gasteiger partial charge in [-0.1, -0.05) is 0 Å². The lowest BCUT2D eigenvalue weighted by molar-refractivity contribution is 0.0677. The number of piperidine rings is 1. The summed E-state index contributed by atoms with van der Waals surface area (Å²) in [5.41, 5.74) is 0.587. The van der Waals surface area contributed by atoms with Crippen LogP contribution in [0, 0.1) is 5.82 Å². The number of fused-ring (bicyclic) bond motifs is 2. The molecule has 4 rings (SSSR count). The van der Waals surface area contributed by atoms with Crippen molar-refractivity contribution in [2.24, 2.45) is 0 Å². The molecule has 0 aromatic heterocycles. The summed E-state index contributed by atoms with van der Waals surface area (Å²) >= 11 is 0. The average Bonchev–Trinajstić information content (AvgIpc) is 3.19. The monoisotopic (exact) mass is 346 g/mol. The molecule has 3 saturated heterocycles. The second-order valence-corrected chi connectivity index (χ2v) is 7.23. The molecule has 1 aromatic rings. The molecule has 0 radical (unpaired) electrons. The number of carbonyl (C=O) groups is 2. The van der Waals surface area contributed by atoms with Crippen LogP contribution in [0.2, 0.25) is 0 Å². The van der Waals surface area contributed by atoms with Crippen molar-refractivity contribution in [1.29, 1.82) is 0 Å². The Morgan fingerprint density at radius 1 is 1.28 bits per heavy atom. The van der Waals surface area contributed by atoms with Gasteiger partial charge in [-0.15, -0.1) is 0 Å². The number of carbonyl (C=O) groups excluding carboxylic acids is 2. The lowest BCUT2D eigenvalue weighted by Gasteiger charge is -2.35. The van der Waals surface area contributed by atoms with Crippen LogP contribution in [0.25, 0.3) is 0 Å². The molecule has 3 amide bonds. The number of amides is 3. The Kier molecular flexibility index (Phi) is 4.11. The molecule has 7 heteroatoms. The molecule has 0 saturated carbocycles. The first-order valence-electron chi connectivity index (χ1n) is 8.91. The number of nitrogens with zero attached hydrogens (tertiary/aromatic N) is 2. The van der Waals surface area contributed by atoms with Crippen molar-refractivity contribution < 1.29 is 14.0 Å². The number of hydrogen-bond acceptors (Lipinski definition) is 3. The molecule has 3 aliphatic rings. The molecule has 6 nitrogen and oxygen atoms in total. The summed E-state index contributed by atoms with van der Waals surface area (Å²) in [6.45, 7) is 1.07. The first-order chi connectivity index (χ1) is 12.0. The molecule has 3 fully saturated rings. The van der Waals surface area contributed by atoms with E-state index in [1.165, 1.54) is 17.0 Å². The Morgan fingerprint density at radius 3 is 2.64 bits per heavy atom. The Morgan fingerprint density at radius 2 is 2.00 bits per heavy atom. The molecule has 134 valence electrons. The maximum atomic E-state index is 14.3. The van der Waals surface area contributed by atoms with Gasteiger partial charge in [0.25, 0.3) is 5.91 Å². The highest BCUT2D eigenvalue weighted by molar-refractivity contribution is 5.98. The molecule has 0 spiro atoms. The summed E-state index contributed by atoms with van der Waals surface area (Å²) in [4.78, 5) is 27.9. The Balaban J connectivity index is 1.55. The van der Waals surface area contributed by atoms with E-state index in [2.05, 4.69) is 10.6 Å². The maximum absolute atomic E-state index is 14.3. The number of benzene rings is 1. The first-order valence-corrected chi connectivity index (χ1v) is 8.91. The molecule has 0 aliphatic carbocycles. The molecule has 3 aliphatic heterocycles. The third-order valence-electron chi connectivity index (χ3n) is 5.67. The smallest absolute Gasteiger partial charge is 0.321 e. The van der Waals surface area contributed by atoms with Crippen LogP contribution in [0.4, 0.5) is 14.9 Å². The van der Waals surface area contributed by atoms with Gasteiger partial charge in [0.05, 0.1) is 5.56 Å². The average molecular weight is 346 g/mol. The van der Waals surface area contributed by atoms with E-state index in [-0.39, 0.29) is 23.5 Å². The zero-order valence-electron chi connectivity index (χ0n) is 14.3. The molecule has 2 unspecified atom stereocenters. The third-order valence-corrected chi connectivity index (χ3v) is 5.67. The summed E-state index contributed by atoms with van der Waals surface area (Å²) in [5, 5.41) is 6.27. The quantitative estimate of drug-likeness (QED) is 0.876. The molecular formula is C18H23FN4O2. The lowest BCUT2D eigenvalue weighted by Crippen LogP contribution is -2.48. The van der Waals surface area contributed by atoms with Crippen molar-refractivity contribution in [1.82, 2.24) is 15.5 Å². The normalized spacial score (nSPS) is 28.2. The van der Waals surface area contributed by atoms with Gasteiger partial charge in [-0.25, -0.2) is 9.18 Å². The predicted molar refractivity (Wildman–Crippen MR) is 92.2 cm³/mol. The van der Waals surface area contributed by atoms with E-state index in [4.69, 9.17) is 0 Å². The van der Waals surface area contributed by atoms with Crippen molar-refractivity contribution in [2.45, 2.75) is 43.8 Å². The molecule has 3 heterocycles. The van der Waals surface area contributed by atoms with E-state index in [9.17, 15) is 14.0 Å². The van der Waals surface area contributed by atoms with E-state index in [0.29, 0.717) is 30.9 Å². The van der Waals surface area contributed by atoms with Crippen LogP contribution in [0.15, 0.2) is 18.2 Å². The van der Waals surface area contributed by atoms with E-state index in [1.807, 2.05) is 0 Å². The van der Waals surface area contributed by atoms with E-state index >= 15 is 0 Å². The highest BCUT2D eigenvalue weighted by Crippen LogP contribution is 2.30. The van der Waals surface area contributed by atoms with Crippen LogP contribution >= 0.6 is 0 Å². The molecular weight excluding hydrogens is 323 g/mol. The third kappa shape index (κ3) is 2.97. The van der Waals surface area contributed by atoms with E-state index < -0.39 is 5.82 Å². The van der Waals surface area contributed by atoms with Crippen LogP contribution in [-0.4, -0.2) is 55.1 Å². The highest BCUT2D eigenvalue weighted by atomic mass is 19.1. The number of nitrogens with one attached hydrogen (secondary N) is 2. The lowest BCUT2D eigenvalue weighted by atomic mass is 9.98. The number of halogens is 1.